The molecular formula is C29H24Cl2N4O2. The van der Waals surface area contributed by atoms with Gasteiger partial charge in [0, 0.05) is 23.4 Å². The van der Waals surface area contributed by atoms with Crippen LogP contribution in [0.25, 0.3) is 16.8 Å². The normalized spacial score (nSPS) is 12.9. The third-order valence-corrected chi connectivity index (χ3v) is 7.37. The molecule has 0 unspecified atom stereocenters. The monoisotopic (exact) mass is 530 g/mol. The number of nitrogens with zero attached hydrogens (tertiary/aromatic N) is 3. The zero-order chi connectivity index (χ0) is 25.4. The van der Waals surface area contributed by atoms with Gasteiger partial charge in [0.1, 0.15) is 23.7 Å². The number of nitrogens with one attached hydrogen (secondary N) is 1. The second-order valence-electron chi connectivity index (χ2n) is 9.01. The lowest BCUT2D eigenvalue weighted by Crippen LogP contribution is -2.16. The van der Waals surface area contributed by atoms with Crippen LogP contribution in [0.3, 0.4) is 0 Å². The summed E-state index contributed by atoms with van der Waals surface area (Å²) in [6, 6.07) is 24.8. The maximum absolute atomic E-state index is 13.9. The molecule has 0 bridgehead atoms. The average molecular weight is 531 g/mol. The molecule has 3 heterocycles. The molecule has 0 aliphatic carbocycles. The number of anilines is 1. The summed E-state index contributed by atoms with van der Waals surface area (Å²) in [6.07, 6.45) is 2.91. The van der Waals surface area contributed by atoms with Gasteiger partial charge in [0.25, 0.3) is 5.91 Å². The molecule has 5 aromatic rings. The minimum atomic E-state index is -0.265. The van der Waals surface area contributed by atoms with Gasteiger partial charge in [-0.2, -0.15) is 0 Å². The molecule has 2 aromatic heterocycles. The van der Waals surface area contributed by atoms with Crippen LogP contribution in [-0.4, -0.2) is 20.1 Å². The van der Waals surface area contributed by atoms with Crippen molar-refractivity contribution in [1.82, 2.24) is 14.2 Å². The van der Waals surface area contributed by atoms with Crippen molar-refractivity contribution in [3.8, 4) is 16.9 Å². The van der Waals surface area contributed by atoms with E-state index in [1.807, 2.05) is 60.7 Å². The van der Waals surface area contributed by atoms with Crippen LogP contribution in [0.2, 0.25) is 10.0 Å². The van der Waals surface area contributed by atoms with Gasteiger partial charge < -0.3 is 14.6 Å². The lowest BCUT2D eigenvalue weighted by Gasteiger charge is -2.10. The van der Waals surface area contributed by atoms with Gasteiger partial charge in [0.05, 0.1) is 10.0 Å². The Balaban J connectivity index is 1.49. The Bertz CT molecular complexity index is 1590. The number of hydrogen-bond acceptors (Lipinski definition) is 3. The predicted molar refractivity (Wildman–Crippen MR) is 147 cm³/mol. The van der Waals surface area contributed by atoms with Crippen molar-refractivity contribution in [1.29, 1.82) is 0 Å². The number of rotatable bonds is 6. The predicted octanol–water partition coefficient (Wildman–Crippen LogP) is 7.28. The zero-order valence-corrected chi connectivity index (χ0v) is 21.5. The molecule has 0 radical (unpaired) electrons. The van der Waals surface area contributed by atoms with Crippen molar-refractivity contribution >= 4 is 40.4 Å². The first-order valence-corrected chi connectivity index (χ1v) is 13.0. The number of aryl methyl sites for hydroxylation is 2. The molecule has 6 rings (SSSR count). The van der Waals surface area contributed by atoms with Crippen molar-refractivity contribution in [3.63, 3.8) is 0 Å². The molecule has 186 valence electrons. The van der Waals surface area contributed by atoms with E-state index in [0.29, 0.717) is 28.0 Å². The third kappa shape index (κ3) is 4.47. The zero-order valence-electron chi connectivity index (χ0n) is 20.0. The molecule has 0 saturated carbocycles. The molecule has 1 N–H and O–H groups in total. The molecule has 1 amide bonds. The summed E-state index contributed by atoms with van der Waals surface area (Å²) in [5, 5.41) is 8.74. The van der Waals surface area contributed by atoms with E-state index in [2.05, 4.69) is 9.88 Å². The highest BCUT2D eigenvalue weighted by Gasteiger charge is 2.30. The summed E-state index contributed by atoms with van der Waals surface area (Å²) in [7, 11) is 0. The van der Waals surface area contributed by atoms with Gasteiger partial charge in [-0.25, -0.2) is 4.52 Å². The van der Waals surface area contributed by atoms with Crippen LogP contribution in [-0.2, 0) is 19.6 Å². The quantitative estimate of drug-likeness (QED) is 0.251. The van der Waals surface area contributed by atoms with E-state index in [4.69, 9.17) is 33.0 Å². The second kappa shape index (κ2) is 9.96. The minimum Gasteiger partial charge on any atom is -0.486 e. The highest BCUT2D eigenvalue weighted by molar-refractivity contribution is 6.42. The van der Waals surface area contributed by atoms with Gasteiger partial charge in [-0.15, -0.1) is 5.10 Å². The van der Waals surface area contributed by atoms with E-state index in [0.717, 1.165) is 59.7 Å². The van der Waals surface area contributed by atoms with Gasteiger partial charge in [-0.3, -0.25) is 4.79 Å². The number of carbonyl (C=O) groups excluding carboxylic acids is 1. The first-order chi connectivity index (χ1) is 18.1. The molecule has 0 spiro atoms. The number of para-hydroxylation sites is 1. The fraction of sp³-hybridized carbons (Fsp3) is 0.172. The number of hydrogen-bond donors (Lipinski definition) is 1. The van der Waals surface area contributed by atoms with Gasteiger partial charge in [-0.1, -0.05) is 71.7 Å². The Hall–Kier alpha value is -3.74. The topological polar surface area (TPSA) is 60.6 Å². The molecule has 1 aliphatic heterocycles. The molecule has 0 atom stereocenters. The fourth-order valence-corrected chi connectivity index (χ4v) is 5.26. The summed E-state index contributed by atoms with van der Waals surface area (Å²) >= 11 is 12.3. The average Bonchev–Trinajstić information content (AvgIpc) is 3.32. The molecule has 6 nitrogen and oxygen atoms in total. The number of aromatic nitrogens is 3. The summed E-state index contributed by atoms with van der Waals surface area (Å²) in [5.41, 5.74) is 5.02. The number of carbonyl (C=O) groups is 1. The van der Waals surface area contributed by atoms with E-state index in [9.17, 15) is 4.79 Å². The summed E-state index contributed by atoms with van der Waals surface area (Å²) in [4.78, 5) is 13.9. The van der Waals surface area contributed by atoms with Gasteiger partial charge >= 0.3 is 0 Å². The van der Waals surface area contributed by atoms with Gasteiger partial charge in [0.15, 0.2) is 5.82 Å². The Morgan fingerprint density at radius 2 is 1.70 bits per heavy atom. The Kier molecular flexibility index (Phi) is 6.37. The second-order valence-corrected chi connectivity index (χ2v) is 9.83. The third-order valence-electron chi connectivity index (χ3n) is 6.63. The summed E-state index contributed by atoms with van der Waals surface area (Å²) in [6.45, 7) is 1.12. The standard InChI is InChI=1S/C29H24Cl2N4O2/c30-23-15-14-20(17-24(23)31)32-28(36)27-26(19-9-3-1-4-10-19)22-13-7-8-16-34-25(33-35(27)29(22)34)18-37-21-11-5-2-6-12-21/h1-6,9-12,14-15,17H,7-8,13,16,18H2,(H,32,36). The molecule has 1 aliphatic rings. The van der Waals surface area contributed by atoms with Crippen LogP contribution in [0.5, 0.6) is 5.75 Å². The highest BCUT2D eigenvalue weighted by atomic mass is 35.5. The highest BCUT2D eigenvalue weighted by Crippen LogP contribution is 2.37. The van der Waals surface area contributed by atoms with E-state index >= 15 is 0 Å². The van der Waals surface area contributed by atoms with Crippen molar-refractivity contribution in [3.05, 3.63) is 106 Å². The van der Waals surface area contributed by atoms with Gasteiger partial charge in [0.2, 0.25) is 0 Å². The number of halogens is 2. The van der Waals surface area contributed by atoms with Crippen LogP contribution in [0.15, 0.2) is 78.9 Å². The van der Waals surface area contributed by atoms with E-state index < -0.39 is 0 Å². The molecule has 0 saturated heterocycles. The Labute approximate surface area is 224 Å². The van der Waals surface area contributed by atoms with Crippen LogP contribution in [0, 0.1) is 0 Å². The smallest absolute Gasteiger partial charge is 0.275 e. The molecule has 3 aromatic carbocycles. The summed E-state index contributed by atoms with van der Waals surface area (Å²) < 4.78 is 10.0. The maximum Gasteiger partial charge on any atom is 0.275 e. The maximum atomic E-state index is 13.9. The fourth-order valence-electron chi connectivity index (χ4n) is 4.97. The molecule has 0 fully saturated rings. The van der Waals surface area contributed by atoms with Crippen LogP contribution in [0.4, 0.5) is 5.69 Å². The SMILES string of the molecule is O=C(Nc1ccc(Cl)c(Cl)c1)c1c(-c2ccccc2)c2c3n(c(COc4ccccc4)nn13)CCCC2. The molecule has 37 heavy (non-hydrogen) atoms. The largest absolute Gasteiger partial charge is 0.486 e. The number of ether oxygens (including phenoxy) is 1. The van der Waals surface area contributed by atoms with Gasteiger partial charge in [-0.05, 0) is 55.2 Å². The number of amides is 1. The van der Waals surface area contributed by atoms with Crippen molar-refractivity contribution in [2.24, 2.45) is 0 Å². The molecule has 8 heteroatoms. The van der Waals surface area contributed by atoms with Crippen molar-refractivity contribution in [2.45, 2.75) is 32.4 Å². The van der Waals surface area contributed by atoms with Crippen molar-refractivity contribution < 1.29 is 9.53 Å². The van der Waals surface area contributed by atoms with Crippen LogP contribution < -0.4 is 10.1 Å². The van der Waals surface area contributed by atoms with Crippen molar-refractivity contribution in [2.75, 3.05) is 5.32 Å². The van der Waals surface area contributed by atoms with E-state index in [-0.39, 0.29) is 5.91 Å². The minimum absolute atomic E-state index is 0.265. The first kappa shape index (κ1) is 23.6. The lowest BCUT2D eigenvalue weighted by molar-refractivity contribution is 0.102. The Morgan fingerprint density at radius 3 is 2.46 bits per heavy atom. The van der Waals surface area contributed by atoms with Crippen LogP contribution in [0.1, 0.15) is 34.7 Å². The van der Waals surface area contributed by atoms with E-state index in [1.54, 1.807) is 22.7 Å². The first-order valence-electron chi connectivity index (χ1n) is 12.2. The lowest BCUT2D eigenvalue weighted by atomic mass is 9.98. The molecular weight excluding hydrogens is 507 g/mol. The Morgan fingerprint density at radius 1 is 0.946 bits per heavy atom. The number of benzene rings is 3. The summed E-state index contributed by atoms with van der Waals surface area (Å²) in [5.74, 6) is 1.30. The van der Waals surface area contributed by atoms with E-state index in [1.165, 1.54) is 0 Å². The van der Waals surface area contributed by atoms with Crippen LogP contribution >= 0.6 is 23.2 Å².